The van der Waals surface area contributed by atoms with E-state index in [2.05, 4.69) is 0 Å². The molecule has 0 aliphatic rings. The highest BCUT2D eigenvalue weighted by Crippen LogP contribution is 2.00. The average molecular weight is 310 g/mol. The fourth-order valence-corrected chi connectivity index (χ4v) is 1.75. The molecule has 1 aromatic rings. The molecule has 0 spiro atoms. The number of esters is 1. The van der Waals surface area contributed by atoms with Gasteiger partial charge in [0.15, 0.2) is 0 Å². The lowest BCUT2D eigenvalue weighted by Crippen LogP contribution is -2.13. The van der Waals surface area contributed by atoms with Crippen molar-refractivity contribution in [2.24, 2.45) is 0 Å². The van der Waals surface area contributed by atoms with Crippen molar-refractivity contribution in [1.29, 1.82) is 0 Å². The van der Waals surface area contributed by atoms with Gasteiger partial charge in [0.05, 0.1) is 13.2 Å². The summed E-state index contributed by atoms with van der Waals surface area (Å²) in [6, 6.07) is 10.1. The molecule has 0 aliphatic carbocycles. The predicted molar refractivity (Wildman–Crippen MR) is 83.6 cm³/mol. The van der Waals surface area contributed by atoms with Gasteiger partial charge in [0, 0.05) is 26.4 Å². The zero-order valence-electron chi connectivity index (χ0n) is 13.3. The minimum atomic E-state index is -0.320. The van der Waals surface area contributed by atoms with E-state index in [4.69, 9.17) is 18.9 Å². The van der Waals surface area contributed by atoms with Crippen LogP contribution in [0.15, 0.2) is 30.3 Å². The molecule has 5 heteroatoms. The Bertz CT molecular complexity index is 380. The third-order valence-electron chi connectivity index (χ3n) is 2.79. The zero-order valence-corrected chi connectivity index (χ0v) is 13.3. The van der Waals surface area contributed by atoms with E-state index in [1.165, 1.54) is 5.56 Å². The van der Waals surface area contributed by atoms with Gasteiger partial charge in [-0.1, -0.05) is 30.3 Å². The van der Waals surface area contributed by atoms with Crippen molar-refractivity contribution < 1.29 is 23.7 Å². The quantitative estimate of drug-likeness (QED) is 0.414. The number of ether oxygens (including phenoxy) is 4. The van der Waals surface area contributed by atoms with Gasteiger partial charge < -0.3 is 18.9 Å². The fraction of sp³-hybridized carbons (Fsp3) is 0.588. The smallest absolute Gasteiger partial charge is 0.332 e. The summed E-state index contributed by atoms with van der Waals surface area (Å²) >= 11 is 0. The lowest BCUT2D eigenvalue weighted by Gasteiger charge is -2.06. The van der Waals surface area contributed by atoms with Crippen LogP contribution in [0.2, 0.25) is 0 Å². The third kappa shape index (κ3) is 10.3. The summed E-state index contributed by atoms with van der Waals surface area (Å²) in [5, 5.41) is 0. The molecular weight excluding hydrogens is 284 g/mol. The Morgan fingerprint density at radius 3 is 2.23 bits per heavy atom. The van der Waals surface area contributed by atoms with Gasteiger partial charge in [-0.05, 0) is 25.3 Å². The molecule has 0 radical (unpaired) electrons. The monoisotopic (exact) mass is 310 g/mol. The van der Waals surface area contributed by atoms with Crippen LogP contribution in [0.5, 0.6) is 0 Å². The predicted octanol–water partition coefficient (Wildman–Crippen LogP) is 2.58. The highest BCUT2D eigenvalue weighted by atomic mass is 16.6. The number of benzene rings is 1. The Labute approximate surface area is 132 Å². The second kappa shape index (κ2) is 13.2. The van der Waals surface area contributed by atoms with Gasteiger partial charge in [-0.3, -0.25) is 0 Å². The van der Waals surface area contributed by atoms with Crippen LogP contribution in [0.3, 0.4) is 0 Å². The molecule has 124 valence electrons. The van der Waals surface area contributed by atoms with Gasteiger partial charge in [0.1, 0.15) is 6.61 Å². The number of carbonyl (C=O) groups is 1. The number of rotatable bonds is 13. The Morgan fingerprint density at radius 1 is 0.909 bits per heavy atom. The second-order valence-electron chi connectivity index (χ2n) is 4.72. The van der Waals surface area contributed by atoms with Gasteiger partial charge in [0.2, 0.25) is 0 Å². The molecule has 0 atom stereocenters. The molecule has 0 amide bonds. The van der Waals surface area contributed by atoms with E-state index in [0.29, 0.717) is 39.6 Å². The Balaban J connectivity index is 1.79. The van der Waals surface area contributed by atoms with Crippen molar-refractivity contribution in [3.05, 3.63) is 35.9 Å². The van der Waals surface area contributed by atoms with Crippen molar-refractivity contribution in [2.75, 3.05) is 39.6 Å². The minimum Gasteiger partial charge on any atom is -0.464 e. The first-order valence-electron chi connectivity index (χ1n) is 7.75. The van der Waals surface area contributed by atoms with Gasteiger partial charge in [-0.2, -0.15) is 0 Å². The van der Waals surface area contributed by atoms with Crippen molar-refractivity contribution in [1.82, 2.24) is 0 Å². The highest BCUT2D eigenvalue weighted by molar-refractivity contribution is 5.70. The molecule has 0 aromatic heterocycles. The Kier molecular flexibility index (Phi) is 11.2. The summed E-state index contributed by atoms with van der Waals surface area (Å²) in [7, 11) is 0. The van der Waals surface area contributed by atoms with E-state index in [9.17, 15) is 4.79 Å². The molecule has 0 unspecified atom stereocenters. The SMILES string of the molecule is CCOC(=O)COCCCOCCCOCc1ccccc1. The van der Waals surface area contributed by atoms with Crippen molar-refractivity contribution in [3.63, 3.8) is 0 Å². The molecule has 0 heterocycles. The molecule has 0 fully saturated rings. The van der Waals surface area contributed by atoms with Crippen LogP contribution >= 0.6 is 0 Å². The van der Waals surface area contributed by atoms with Gasteiger partial charge >= 0.3 is 5.97 Å². The topological polar surface area (TPSA) is 54.0 Å². The van der Waals surface area contributed by atoms with Crippen molar-refractivity contribution in [2.45, 2.75) is 26.4 Å². The third-order valence-corrected chi connectivity index (χ3v) is 2.79. The molecule has 0 saturated heterocycles. The lowest BCUT2D eigenvalue weighted by atomic mass is 10.2. The molecule has 0 saturated carbocycles. The number of hydrogen-bond acceptors (Lipinski definition) is 5. The van der Waals surface area contributed by atoms with Gasteiger partial charge in [-0.15, -0.1) is 0 Å². The van der Waals surface area contributed by atoms with Gasteiger partial charge in [-0.25, -0.2) is 4.79 Å². The van der Waals surface area contributed by atoms with Crippen molar-refractivity contribution in [3.8, 4) is 0 Å². The van der Waals surface area contributed by atoms with Crippen LogP contribution in [-0.2, 0) is 30.3 Å². The van der Waals surface area contributed by atoms with E-state index in [1.54, 1.807) is 6.92 Å². The van der Waals surface area contributed by atoms with Crippen LogP contribution in [0.4, 0.5) is 0 Å². The van der Waals surface area contributed by atoms with Crippen LogP contribution in [-0.4, -0.2) is 45.6 Å². The van der Waals surface area contributed by atoms with Crippen LogP contribution < -0.4 is 0 Å². The summed E-state index contributed by atoms with van der Waals surface area (Å²) in [6.45, 7) is 5.31. The highest BCUT2D eigenvalue weighted by Gasteiger charge is 2.00. The molecule has 5 nitrogen and oxygen atoms in total. The summed E-state index contributed by atoms with van der Waals surface area (Å²) < 4.78 is 20.9. The number of hydrogen-bond donors (Lipinski definition) is 0. The summed E-state index contributed by atoms with van der Waals surface area (Å²) in [5.41, 5.74) is 1.18. The summed E-state index contributed by atoms with van der Waals surface area (Å²) in [4.78, 5) is 11.0. The van der Waals surface area contributed by atoms with Crippen LogP contribution in [0.25, 0.3) is 0 Å². The molecule has 1 aromatic carbocycles. The average Bonchev–Trinajstić information content (AvgIpc) is 2.54. The molecule has 0 bridgehead atoms. The first-order valence-corrected chi connectivity index (χ1v) is 7.75. The Hall–Kier alpha value is -1.43. The first-order chi connectivity index (χ1) is 10.8. The van der Waals surface area contributed by atoms with Gasteiger partial charge in [0.25, 0.3) is 0 Å². The van der Waals surface area contributed by atoms with E-state index >= 15 is 0 Å². The largest absolute Gasteiger partial charge is 0.464 e. The normalized spacial score (nSPS) is 10.6. The Morgan fingerprint density at radius 2 is 1.55 bits per heavy atom. The molecular formula is C17H26O5. The standard InChI is InChI=1S/C17H26O5/c1-2-22-17(18)15-21-13-7-11-19-10-6-12-20-14-16-8-4-3-5-9-16/h3-5,8-9H,2,6-7,10-15H2,1H3. The molecule has 22 heavy (non-hydrogen) atoms. The zero-order chi connectivity index (χ0) is 15.9. The minimum absolute atomic E-state index is 0.0150. The van der Waals surface area contributed by atoms with E-state index in [0.717, 1.165) is 12.8 Å². The molecule has 0 aliphatic heterocycles. The van der Waals surface area contributed by atoms with E-state index in [-0.39, 0.29) is 12.6 Å². The van der Waals surface area contributed by atoms with Crippen LogP contribution in [0.1, 0.15) is 25.3 Å². The molecule has 0 N–H and O–H groups in total. The second-order valence-corrected chi connectivity index (χ2v) is 4.72. The summed E-state index contributed by atoms with van der Waals surface area (Å²) in [5.74, 6) is -0.320. The summed E-state index contributed by atoms with van der Waals surface area (Å²) in [6.07, 6.45) is 1.64. The number of carbonyl (C=O) groups excluding carboxylic acids is 1. The lowest BCUT2D eigenvalue weighted by molar-refractivity contribution is -0.148. The maximum atomic E-state index is 11.0. The fourth-order valence-electron chi connectivity index (χ4n) is 1.75. The van der Waals surface area contributed by atoms with E-state index in [1.807, 2.05) is 30.3 Å². The van der Waals surface area contributed by atoms with Crippen molar-refractivity contribution >= 4 is 5.97 Å². The first kappa shape index (κ1) is 18.6. The van der Waals surface area contributed by atoms with E-state index < -0.39 is 0 Å². The molecule has 1 rings (SSSR count). The maximum Gasteiger partial charge on any atom is 0.332 e. The van der Waals surface area contributed by atoms with Crippen LogP contribution in [0, 0.1) is 0 Å². The maximum absolute atomic E-state index is 11.0.